The molecule has 3 heterocycles. The summed E-state index contributed by atoms with van der Waals surface area (Å²) >= 11 is 0. The molecule has 4 rings (SSSR count). The highest BCUT2D eigenvalue weighted by Gasteiger charge is 2.14. The minimum atomic E-state index is -0.500. The van der Waals surface area contributed by atoms with Crippen LogP contribution in [0.5, 0.6) is 0 Å². The van der Waals surface area contributed by atoms with E-state index in [-0.39, 0.29) is 0 Å². The molecule has 0 spiro atoms. The van der Waals surface area contributed by atoms with E-state index in [0.717, 1.165) is 28.4 Å². The first-order valence-electron chi connectivity index (χ1n) is 9.48. The van der Waals surface area contributed by atoms with Crippen LogP contribution in [-0.4, -0.2) is 25.1 Å². The Labute approximate surface area is 169 Å². The predicted octanol–water partition coefficient (Wildman–Crippen LogP) is 3.46. The Kier molecular flexibility index (Phi) is 4.58. The van der Waals surface area contributed by atoms with Crippen LogP contribution in [0.2, 0.25) is 0 Å². The third kappa shape index (κ3) is 3.35. The summed E-state index contributed by atoms with van der Waals surface area (Å²) in [5.41, 5.74) is 14.1. The third-order valence-corrected chi connectivity index (χ3v) is 5.41. The second kappa shape index (κ2) is 7.09. The van der Waals surface area contributed by atoms with Crippen molar-refractivity contribution in [2.24, 2.45) is 5.73 Å². The van der Waals surface area contributed by atoms with Gasteiger partial charge in [-0.15, -0.1) is 0 Å². The van der Waals surface area contributed by atoms with Gasteiger partial charge in [0.25, 0.3) is 5.91 Å². The Morgan fingerprint density at radius 3 is 2.52 bits per heavy atom. The molecule has 0 saturated carbocycles. The first-order valence-corrected chi connectivity index (χ1v) is 9.48. The van der Waals surface area contributed by atoms with Gasteiger partial charge in [-0.1, -0.05) is 18.2 Å². The minimum absolute atomic E-state index is 0.369. The van der Waals surface area contributed by atoms with Gasteiger partial charge in [0.15, 0.2) is 5.65 Å². The molecule has 0 fully saturated rings. The van der Waals surface area contributed by atoms with Gasteiger partial charge in [0.2, 0.25) is 0 Å². The number of carbonyl (C=O) groups is 1. The molecule has 0 aliphatic carbocycles. The van der Waals surface area contributed by atoms with Gasteiger partial charge in [-0.3, -0.25) is 4.79 Å². The van der Waals surface area contributed by atoms with Crippen molar-refractivity contribution >= 4 is 17.2 Å². The summed E-state index contributed by atoms with van der Waals surface area (Å²) in [6, 6.07) is 8.30. The number of benzene rings is 1. The summed E-state index contributed by atoms with van der Waals surface area (Å²) in [4.78, 5) is 16.2. The lowest BCUT2D eigenvalue weighted by atomic mass is 10.0. The number of nitrogens with zero attached hydrogens (tertiary/aromatic N) is 4. The van der Waals surface area contributed by atoms with Gasteiger partial charge in [0.05, 0.1) is 28.8 Å². The van der Waals surface area contributed by atoms with E-state index in [0.29, 0.717) is 12.1 Å². The lowest BCUT2D eigenvalue weighted by Gasteiger charge is -2.14. The second-order valence-electron chi connectivity index (χ2n) is 7.35. The number of carbonyl (C=O) groups excluding carboxylic acids is 1. The molecule has 3 aromatic heterocycles. The number of pyridine rings is 1. The number of rotatable bonds is 5. The number of primary amides is 1. The monoisotopic (exact) mass is 388 g/mol. The van der Waals surface area contributed by atoms with Crippen LogP contribution in [0.4, 0.5) is 5.69 Å². The molecular formula is C22H24N6O. The van der Waals surface area contributed by atoms with Crippen molar-refractivity contribution < 1.29 is 4.79 Å². The van der Waals surface area contributed by atoms with Gasteiger partial charge in [0.1, 0.15) is 0 Å². The van der Waals surface area contributed by atoms with Crippen LogP contribution in [0.25, 0.3) is 11.3 Å². The number of aromatic nitrogens is 4. The number of nitrogens with one attached hydrogen (secondary N) is 1. The summed E-state index contributed by atoms with van der Waals surface area (Å²) in [6.45, 7) is 8.96. The van der Waals surface area contributed by atoms with E-state index in [9.17, 15) is 4.79 Å². The van der Waals surface area contributed by atoms with Gasteiger partial charge in [-0.2, -0.15) is 5.10 Å². The SMILES string of the molecule is Cc1cccc(C)c1CNc1cc(-n2cc(C(N)=O)cn2)cn2c(C)c(C)nc12. The molecule has 1 aromatic carbocycles. The van der Waals surface area contributed by atoms with Crippen LogP contribution in [0.15, 0.2) is 42.9 Å². The van der Waals surface area contributed by atoms with Crippen molar-refractivity contribution in [3.8, 4) is 5.69 Å². The van der Waals surface area contributed by atoms with Gasteiger partial charge in [-0.25, -0.2) is 9.67 Å². The van der Waals surface area contributed by atoms with E-state index in [2.05, 4.69) is 42.5 Å². The van der Waals surface area contributed by atoms with E-state index in [1.54, 1.807) is 10.9 Å². The number of anilines is 1. The molecule has 7 heteroatoms. The molecule has 1 amide bonds. The predicted molar refractivity (Wildman–Crippen MR) is 114 cm³/mol. The third-order valence-electron chi connectivity index (χ3n) is 5.41. The normalized spacial score (nSPS) is 11.2. The van der Waals surface area contributed by atoms with Crippen molar-refractivity contribution in [3.05, 3.63) is 76.5 Å². The van der Waals surface area contributed by atoms with Crippen LogP contribution in [0, 0.1) is 27.7 Å². The van der Waals surface area contributed by atoms with E-state index in [4.69, 9.17) is 10.7 Å². The highest BCUT2D eigenvalue weighted by atomic mass is 16.1. The van der Waals surface area contributed by atoms with Crippen molar-refractivity contribution in [1.82, 2.24) is 19.2 Å². The van der Waals surface area contributed by atoms with E-state index >= 15 is 0 Å². The lowest BCUT2D eigenvalue weighted by Crippen LogP contribution is -2.09. The maximum Gasteiger partial charge on any atom is 0.251 e. The standard InChI is InChI=1S/C22H24N6O/c1-13-6-5-7-14(2)19(13)10-24-20-8-18(28-11-17(9-25-28)21(23)29)12-27-16(4)15(3)26-22(20)27/h5-9,11-12,24H,10H2,1-4H3,(H2,23,29). The summed E-state index contributed by atoms with van der Waals surface area (Å²) in [5, 5.41) is 7.84. The van der Waals surface area contributed by atoms with E-state index in [1.165, 1.54) is 22.9 Å². The van der Waals surface area contributed by atoms with Gasteiger partial charge in [-0.05, 0) is 50.5 Å². The molecule has 0 aliphatic rings. The van der Waals surface area contributed by atoms with E-state index < -0.39 is 5.91 Å². The maximum atomic E-state index is 11.4. The van der Waals surface area contributed by atoms with Crippen LogP contribution in [0.3, 0.4) is 0 Å². The lowest BCUT2D eigenvalue weighted by molar-refractivity contribution is 0.100. The summed E-state index contributed by atoms with van der Waals surface area (Å²) in [7, 11) is 0. The molecule has 148 valence electrons. The minimum Gasteiger partial charge on any atom is -0.378 e. The number of fused-ring (bicyclic) bond motifs is 1. The molecule has 0 aliphatic heterocycles. The van der Waals surface area contributed by atoms with Gasteiger partial charge in [0, 0.05) is 24.6 Å². The molecular weight excluding hydrogens is 364 g/mol. The maximum absolute atomic E-state index is 11.4. The number of aryl methyl sites for hydroxylation is 4. The Hall–Kier alpha value is -3.61. The molecule has 0 bridgehead atoms. The fourth-order valence-corrected chi connectivity index (χ4v) is 3.51. The molecule has 0 atom stereocenters. The Morgan fingerprint density at radius 2 is 1.86 bits per heavy atom. The first kappa shape index (κ1) is 18.7. The zero-order chi connectivity index (χ0) is 20.7. The molecule has 0 radical (unpaired) electrons. The van der Waals surface area contributed by atoms with Crippen LogP contribution >= 0.6 is 0 Å². The smallest absolute Gasteiger partial charge is 0.251 e. The topological polar surface area (TPSA) is 90.2 Å². The van der Waals surface area contributed by atoms with Crippen molar-refractivity contribution in [3.63, 3.8) is 0 Å². The molecule has 29 heavy (non-hydrogen) atoms. The van der Waals surface area contributed by atoms with Gasteiger partial charge >= 0.3 is 0 Å². The zero-order valence-corrected chi connectivity index (χ0v) is 17.0. The Morgan fingerprint density at radius 1 is 1.14 bits per heavy atom. The molecule has 7 nitrogen and oxygen atoms in total. The second-order valence-corrected chi connectivity index (χ2v) is 7.35. The first-order chi connectivity index (χ1) is 13.8. The van der Waals surface area contributed by atoms with Crippen LogP contribution in [0.1, 0.15) is 38.4 Å². The van der Waals surface area contributed by atoms with Crippen LogP contribution < -0.4 is 11.1 Å². The fourth-order valence-electron chi connectivity index (χ4n) is 3.51. The summed E-state index contributed by atoms with van der Waals surface area (Å²) in [5.74, 6) is -0.500. The summed E-state index contributed by atoms with van der Waals surface area (Å²) in [6.07, 6.45) is 5.08. The highest BCUT2D eigenvalue weighted by Crippen LogP contribution is 2.25. The average molecular weight is 388 g/mol. The van der Waals surface area contributed by atoms with Crippen molar-refractivity contribution in [2.45, 2.75) is 34.2 Å². The number of nitrogens with two attached hydrogens (primary N) is 1. The highest BCUT2D eigenvalue weighted by molar-refractivity contribution is 5.92. The molecule has 0 saturated heterocycles. The Balaban J connectivity index is 1.79. The van der Waals surface area contributed by atoms with Crippen LogP contribution in [-0.2, 0) is 6.54 Å². The largest absolute Gasteiger partial charge is 0.378 e. The molecule has 0 unspecified atom stereocenters. The molecule has 4 aromatic rings. The van der Waals surface area contributed by atoms with Crippen molar-refractivity contribution in [2.75, 3.05) is 5.32 Å². The quantitative estimate of drug-likeness (QED) is 0.548. The molecule has 3 N–H and O–H groups in total. The average Bonchev–Trinajstić information content (AvgIpc) is 3.28. The van der Waals surface area contributed by atoms with Crippen molar-refractivity contribution in [1.29, 1.82) is 0 Å². The number of hydrogen-bond acceptors (Lipinski definition) is 4. The zero-order valence-electron chi connectivity index (χ0n) is 17.0. The van der Waals surface area contributed by atoms with E-state index in [1.807, 2.05) is 30.5 Å². The summed E-state index contributed by atoms with van der Waals surface area (Å²) < 4.78 is 3.70. The van der Waals surface area contributed by atoms with Gasteiger partial charge < -0.3 is 15.5 Å². The Bertz CT molecular complexity index is 1210. The number of hydrogen-bond donors (Lipinski definition) is 2. The number of amides is 1. The number of imidazole rings is 1. The fraction of sp³-hybridized carbons (Fsp3) is 0.227.